The average Bonchev–Trinajstić information content (AvgIpc) is 1.56. The van der Waals surface area contributed by atoms with E-state index in [1.165, 1.54) is 117 Å². The third-order valence-corrected chi connectivity index (χ3v) is 29.2. The largest absolute Gasteiger partial charge is 0.491 e. The minimum atomic E-state index is -0.587. The van der Waals surface area contributed by atoms with Crippen molar-refractivity contribution in [1.29, 1.82) is 0 Å². The summed E-state index contributed by atoms with van der Waals surface area (Å²) in [4.78, 5) is 0. The van der Waals surface area contributed by atoms with Gasteiger partial charge in [-0.15, -0.1) is 0 Å². The van der Waals surface area contributed by atoms with Gasteiger partial charge in [0, 0.05) is 27.8 Å². The first-order valence-electron chi connectivity index (χ1n) is 50.8. The normalized spacial score (nSPS) is 19.2. The molecule has 0 saturated carbocycles. The van der Waals surface area contributed by atoms with Gasteiger partial charge in [0.15, 0.2) is 0 Å². The Morgan fingerprint density at radius 2 is 0.444 bits per heavy atom. The smallest absolute Gasteiger partial charge is 0.127 e. The lowest BCUT2D eigenvalue weighted by Gasteiger charge is -2.37. The minimum absolute atomic E-state index is 0.131. The molecule has 0 radical (unpaired) electrons. The van der Waals surface area contributed by atoms with Crippen molar-refractivity contribution in [2.45, 2.75) is 125 Å². The number of hydrogen-bond acceptors (Lipinski definition) is 14. The second-order valence-electron chi connectivity index (χ2n) is 41.3. The molecule has 0 amide bonds. The topological polar surface area (TPSA) is 152 Å². The molecule has 3 aliphatic carbocycles. The molecule has 7 unspecified atom stereocenters. The molecule has 0 bridgehead atoms. The van der Waals surface area contributed by atoms with E-state index in [1.54, 1.807) is 0 Å². The standard InChI is InChI=1S/C43H34O4.C41H46O4.C31H26O4.C15H14O2/c1-3-11-29(12-4-1)37-23-31(19-21-41(37)46-27-33-25-44-33)43(39-17-9-7-15-35(39)36-16-8-10-18-40(36)43)32-20-22-42(47-28-34-26-45-34)38(24-32)30-13-5-2-6-14-30;1-25-17-27(19-35(39(3,4)5)37(25)44-23-29-21-42-29)41(33-15-11-9-13-31(33)32-14-10-12-16-34(32)41)28-18-26(2)38(45-24-30-22-43-30)36(20-28)40(6,7)8;1-3-7-29-27(5-1)28-6-2-4-8-30(28)31(29,21-9-13-23(14-10-21)32-17-25-19-34-25)22-11-15-24(16-12-22)33-18-26-20-35-26;1-2-6-12(7-3-1)14-8-4-5-9-15(14)17-11-13-10-16-13/h1-24,33-34H,25-28H2;9-20,29-30H,21-24H2,1-8H3;1-16,25-26H,17-20H2;1-9,13H,10-11H2. The van der Waals surface area contributed by atoms with Crippen molar-refractivity contribution < 1.29 is 66.3 Å². The highest BCUT2D eigenvalue weighted by atomic mass is 16.6. The quantitative estimate of drug-likeness (QED) is 0.0393. The van der Waals surface area contributed by atoms with E-state index in [0.29, 0.717) is 52.4 Å². The third-order valence-electron chi connectivity index (χ3n) is 29.2. The van der Waals surface area contributed by atoms with E-state index in [9.17, 15) is 0 Å². The van der Waals surface area contributed by atoms with Gasteiger partial charge in [-0.3, -0.25) is 0 Å². The first-order valence-corrected chi connectivity index (χ1v) is 50.8. The van der Waals surface area contributed by atoms with Crippen LogP contribution in [0.2, 0.25) is 0 Å². The highest BCUT2D eigenvalue weighted by molar-refractivity contribution is 5.91. The lowest BCUT2D eigenvalue weighted by Crippen LogP contribution is -2.31. The minimum Gasteiger partial charge on any atom is -0.491 e. The summed E-state index contributed by atoms with van der Waals surface area (Å²) in [6.45, 7) is 27.7. The molecular formula is C130H120O14. The van der Waals surface area contributed by atoms with Crippen LogP contribution in [0.15, 0.2) is 370 Å². The molecule has 0 spiro atoms. The number of hydrogen-bond donors (Lipinski definition) is 0. The molecule has 0 aromatic heterocycles. The van der Waals surface area contributed by atoms with Crippen molar-refractivity contribution in [2.75, 3.05) is 92.5 Å². The van der Waals surface area contributed by atoms with E-state index in [0.717, 1.165) is 125 Å². The number of aryl methyl sites for hydroxylation is 2. The van der Waals surface area contributed by atoms with Crippen molar-refractivity contribution >= 4 is 0 Å². The zero-order valence-corrected chi connectivity index (χ0v) is 82.9. The molecule has 14 nitrogen and oxygen atoms in total. The van der Waals surface area contributed by atoms with Crippen LogP contribution < -0.4 is 33.2 Å². The van der Waals surface area contributed by atoms with Gasteiger partial charge >= 0.3 is 0 Å². The maximum Gasteiger partial charge on any atom is 0.127 e. The van der Waals surface area contributed by atoms with Gasteiger partial charge in [-0.05, 0) is 219 Å². The molecule has 16 aromatic carbocycles. The number of benzene rings is 16. The van der Waals surface area contributed by atoms with Crippen LogP contribution in [0.1, 0.15) is 131 Å². The van der Waals surface area contributed by atoms with Crippen LogP contribution in [0, 0.1) is 13.8 Å². The molecule has 7 fully saturated rings. The van der Waals surface area contributed by atoms with E-state index in [2.05, 4.69) is 389 Å². The molecule has 10 aliphatic rings. The second-order valence-corrected chi connectivity index (χ2v) is 41.3. The van der Waals surface area contributed by atoms with Crippen molar-refractivity contribution in [3.05, 3.63) is 459 Å². The van der Waals surface area contributed by atoms with E-state index in [4.69, 9.17) is 66.3 Å². The maximum atomic E-state index is 6.51. The summed E-state index contributed by atoms with van der Waals surface area (Å²) in [5.74, 6) is 6.34. The Bertz CT molecular complexity index is 6930. The van der Waals surface area contributed by atoms with Crippen LogP contribution in [-0.4, -0.2) is 135 Å². The van der Waals surface area contributed by atoms with Gasteiger partial charge in [0.2, 0.25) is 0 Å². The predicted octanol–water partition coefficient (Wildman–Crippen LogP) is 26.5. The van der Waals surface area contributed by atoms with E-state index in [-0.39, 0.29) is 47.5 Å². The van der Waals surface area contributed by atoms with Gasteiger partial charge in [-0.2, -0.15) is 0 Å². The van der Waals surface area contributed by atoms with Crippen molar-refractivity contribution in [3.63, 3.8) is 0 Å². The highest BCUT2D eigenvalue weighted by Crippen LogP contribution is 2.62. The molecule has 0 N–H and O–H groups in total. The molecule has 26 rings (SSSR count). The van der Waals surface area contributed by atoms with Crippen LogP contribution in [0.3, 0.4) is 0 Å². The van der Waals surface area contributed by atoms with E-state index in [1.807, 2.05) is 36.4 Å². The van der Waals surface area contributed by atoms with Gasteiger partial charge in [0.1, 0.15) is 129 Å². The summed E-state index contributed by atoms with van der Waals surface area (Å²) in [6, 6.07) is 133. The molecule has 14 heteroatoms. The number of rotatable bonds is 30. The summed E-state index contributed by atoms with van der Waals surface area (Å²) >= 11 is 0. The number of fused-ring (bicyclic) bond motifs is 9. The lowest BCUT2D eigenvalue weighted by molar-refractivity contribution is 0.256. The summed E-state index contributed by atoms with van der Waals surface area (Å²) in [6.07, 6.45) is 1.50. The molecule has 7 heterocycles. The zero-order valence-electron chi connectivity index (χ0n) is 82.9. The van der Waals surface area contributed by atoms with Gasteiger partial charge < -0.3 is 66.3 Å². The van der Waals surface area contributed by atoms with Gasteiger partial charge in [0.05, 0.1) is 62.5 Å². The first-order chi connectivity index (χ1) is 70.4. The first kappa shape index (κ1) is 93.5. The fraction of sp³-hybridized carbons (Fsp3) is 0.262. The Balaban J connectivity index is 0.000000111. The Morgan fingerprint density at radius 1 is 0.215 bits per heavy atom. The molecule has 7 aliphatic heterocycles. The monoisotopic (exact) mass is 1900 g/mol. The number of para-hydroxylation sites is 1. The van der Waals surface area contributed by atoms with Gasteiger partial charge in [-0.1, -0.05) is 345 Å². The molecule has 144 heavy (non-hydrogen) atoms. The fourth-order valence-corrected chi connectivity index (χ4v) is 21.5. The summed E-state index contributed by atoms with van der Waals surface area (Å²) in [5.41, 5.74) is 32.3. The van der Waals surface area contributed by atoms with Gasteiger partial charge in [0.25, 0.3) is 0 Å². The Labute approximate surface area is 844 Å². The Kier molecular flexibility index (Phi) is 25.7. The lowest BCUT2D eigenvalue weighted by atomic mass is 9.65. The molecule has 7 atom stereocenters. The SMILES string of the molecule is Cc1cc(C2(c3cc(C)c(OCC4CO4)c(C(C)(C)C)c3)c3ccccc3-c3ccccc32)cc(C(C)(C)C)c1OCC1CO1.c1ccc(-c2cc(C3(c4ccc(OCC5CO5)c(-c5ccccc5)c4)c4ccccc4-c4ccccc43)ccc2OCC2CO2)cc1.c1ccc(-c2ccccc2OCC2CO2)cc1.c1ccc2c(c1)-c1ccccc1C2(c1ccc(OCC2CO2)cc1)c1ccc(OCC2CO2)cc1. The van der Waals surface area contributed by atoms with Crippen LogP contribution in [0.4, 0.5) is 0 Å². The average molecular weight is 1910 g/mol. The van der Waals surface area contributed by atoms with Crippen molar-refractivity contribution in [3.8, 4) is 107 Å². The predicted molar refractivity (Wildman–Crippen MR) is 568 cm³/mol. The molecule has 16 aromatic rings. The van der Waals surface area contributed by atoms with Crippen LogP contribution >= 0.6 is 0 Å². The van der Waals surface area contributed by atoms with Crippen LogP contribution in [0.25, 0.3) is 66.8 Å². The Hall–Kier alpha value is -14.2. The maximum absolute atomic E-state index is 6.51. The highest BCUT2D eigenvalue weighted by Gasteiger charge is 2.51. The zero-order chi connectivity index (χ0) is 97.7. The fourth-order valence-electron chi connectivity index (χ4n) is 21.5. The summed E-state index contributed by atoms with van der Waals surface area (Å²) < 4.78 is 81.2. The number of epoxide rings is 7. The van der Waals surface area contributed by atoms with E-state index < -0.39 is 16.2 Å². The Morgan fingerprint density at radius 3 is 0.736 bits per heavy atom. The summed E-state index contributed by atoms with van der Waals surface area (Å²) in [7, 11) is 0. The third kappa shape index (κ3) is 19.0. The number of ether oxygens (including phenoxy) is 14. The molecular weight excluding hydrogens is 1790 g/mol. The van der Waals surface area contributed by atoms with Crippen LogP contribution in [0.5, 0.6) is 40.2 Å². The van der Waals surface area contributed by atoms with Crippen LogP contribution in [-0.2, 0) is 60.2 Å². The summed E-state index contributed by atoms with van der Waals surface area (Å²) in [5, 5.41) is 0. The second kappa shape index (κ2) is 39.5. The molecule has 7 saturated heterocycles. The van der Waals surface area contributed by atoms with E-state index >= 15 is 0 Å². The molecule has 724 valence electrons. The van der Waals surface area contributed by atoms with Crippen molar-refractivity contribution in [2.24, 2.45) is 0 Å². The van der Waals surface area contributed by atoms with Gasteiger partial charge in [-0.25, -0.2) is 0 Å². The van der Waals surface area contributed by atoms with Crippen molar-refractivity contribution in [1.82, 2.24) is 0 Å².